The van der Waals surface area contributed by atoms with Crippen molar-refractivity contribution in [1.29, 1.82) is 0 Å². The number of hydrogen-bond acceptors (Lipinski definition) is 2. The minimum absolute atomic E-state index is 0.200. The van der Waals surface area contributed by atoms with Crippen molar-refractivity contribution in [3.05, 3.63) is 42.1 Å². The van der Waals surface area contributed by atoms with Crippen LogP contribution in [-0.2, 0) is 11.3 Å². The van der Waals surface area contributed by atoms with Gasteiger partial charge in [-0.15, -0.1) is 0 Å². The van der Waals surface area contributed by atoms with E-state index in [2.05, 4.69) is 16.4 Å². The number of hydrogen-bond donors (Lipinski definition) is 1. The zero-order valence-corrected chi connectivity index (χ0v) is 10.9. The Labute approximate surface area is 113 Å². The molecule has 1 aliphatic rings. The summed E-state index contributed by atoms with van der Waals surface area (Å²) in [6.07, 6.45) is 6.31. The monoisotopic (exact) mass is 254 g/mol. The number of amides is 1. The summed E-state index contributed by atoms with van der Waals surface area (Å²) in [5.41, 5.74) is 2.05. The first-order chi connectivity index (χ1) is 9.33. The topological polar surface area (TPSA) is 42.0 Å². The molecule has 1 fully saturated rings. The molecule has 1 N–H and O–H groups in total. The smallest absolute Gasteiger partial charge is 0.223 e. The van der Waals surface area contributed by atoms with Crippen LogP contribution in [0.5, 0.6) is 0 Å². The highest BCUT2D eigenvalue weighted by atomic mass is 16.1. The predicted molar refractivity (Wildman–Crippen MR) is 75.5 cm³/mol. The molecule has 2 aromatic rings. The second-order valence-corrected chi connectivity index (χ2v) is 5.24. The van der Waals surface area contributed by atoms with Crippen molar-refractivity contribution >= 4 is 16.8 Å². The predicted octanol–water partition coefficient (Wildman–Crippen LogP) is 3.04. The first-order valence-corrected chi connectivity index (χ1v) is 6.94. The third-order valence-corrected chi connectivity index (χ3v) is 3.84. The van der Waals surface area contributed by atoms with Gasteiger partial charge in [0.15, 0.2) is 0 Å². The van der Waals surface area contributed by atoms with E-state index in [1.807, 2.05) is 30.5 Å². The number of nitrogens with one attached hydrogen (secondary N) is 1. The molecule has 0 spiro atoms. The number of pyridine rings is 1. The van der Waals surface area contributed by atoms with Gasteiger partial charge >= 0.3 is 0 Å². The number of fused-ring (bicyclic) bond motifs is 1. The molecule has 0 unspecified atom stereocenters. The Morgan fingerprint density at radius 1 is 1.26 bits per heavy atom. The molecule has 98 valence electrons. The van der Waals surface area contributed by atoms with Crippen molar-refractivity contribution in [2.24, 2.45) is 5.92 Å². The molecule has 0 atom stereocenters. The molecule has 1 heterocycles. The molecule has 3 nitrogen and oxygen atoms in total. The molecule has 1 aromatic heterocycles. The Bertz CT molecular complexity index is 588. The van der Waals surface area contributed by atoms with Gasteiger partial charge in [-0.1, -0.05) is 31.0 Å². The van der Waals surface area contributed by atoms with Gasteiger partial charge in [0.2, 0.25) is 5.91 Å². The standard InChI is InChI=1S/C16H18N2O/c19-16(13-5-1-2-6-13)18-11-12-9-14-7-3-4-8-15(14)17-10-12/h3-4,7-10,13H,1-2,5-6,11H2,(H,18,19). The van der Waals surface area contributed by atoms with E-state index < -0.39 is 0 Å². The van der Waals surface area contributed by atoms with Crippen LogP contribution >= 0.6 is 0 Å². The van der Waals surface area contributed by atoms with Gasteiger partial charge in [-0.2, -0.15) is 0 Å². The fourth-order valence-electron chi connectivity index (χ4n) is 2.73. The fraction of sp³-hybridized carbons (Fsp3) is 0.375. The van der Waals surface area contributed by atoms with Crippen molar-refractivity contribution in [1.82, 2.24) is 10.3 Å². The SMILES string of the molecule is O=C(NCc1cnc2ccccc2c1)C1CCCC1. The lowest BCUT2D eigenvalue weighted by Crippen LogP contribution is -2.28. The van der Waals surface area contributed by atoms with Crippen LogP contribution in [0.25, 0.3) is 10.9 Å². The molecule has 1 aromatic carbocycles. The fourth-order valence-corrected chi connectivity index (χ4v) is 2.73. The number of rotatable bonds is 3. The zero-order chi connectivity index (χ0) is 13.1. The highest BCUT2D eigenvalue weighted by Crippen LogP contribution is 2.24. The lowest BCUT2D eigenvalue weighted by atomic mass is 10.1. The van der Waals surface area contributed by atoms with Crippen LogP contribution in [-0.4, -0.2) is 10.9 Å². The number of carbonyl (C=O) groups excluding carboxylic acids is 1. The molecule has 0 aliphatic heterocycles. The molecule has 1 saturated carbocycles. The maximum atomic E-state index is 12.0. The molecule has 1 amide bonds. The Hall–Kier alpha value is -1.90. The van der Waals surface area contributed by atoms with Gasteiger partial charge in [-0.3, -0.25) is 9.78 Å². The van der Waals surface area contributed by atoms with Gasteiger partial charge in [0.25, 0.3) is 0 Å². The second-order valence-electron chi connectivity index (χ2n) is 5.24. The maximum Gasteiger partial charge on any atom is 0.223 e. The van der Waals surface area contributed by atoms with Gasteiger partial charge in [0.1, 0.15) is 0 Å². The van der Waals surface area contributed by atoms with Gasteiger partial charge in [-0.25, -0.2) is 0 Å². The van der Waals surface area contributed by atoms with Crippen LogP contribution in [0.2, 0.25) is 0 Å². The third kappa shape index (κ3) is 2.75. The second kappa shape index (κ2) is 5.39. The average molecular weight is 254 g/mol. The minimum Gasteiger partial charge on any atom is -0.352 e. The van der Waals surface area contributed by atoms with E-state index in [0.717, 1.165) is 29.3 Å². The van der Waals surface area contributed by atoms with Crippen molar-refractivity contribution in [3.63, 3.8) is 0 Å². The Morgan fingerprint density at radius 2 is 2.05 bits per heavy atom. The summed E-state index contributed by atoms with van der Waals surface area (Å²) >= 11 is 0. The Balaban J connectivity index is 1.66. The molecule has 0 saturated heterocycles. The summed E-state index contributed by atoms with van der Waals surface area (Å²) in [4.78, 5) is 16.4. The summed E-state index contributed by atoms with van der Waals surface area (Å²) in [6, 6.07) is 10.1. The quantitative estimate of drug-likeness (QED) is 0.914. The van der Waals surface area contributed by atoms with Crippen LogP contribution in [0.1, 0.15) is 31.2 Å². The van der Waals surface area contributed by atoms with E-state index in [0.29, 0.717) is 6.54 Å². The van der Waals surface area contributed by atoms with Gasteiger partial charge < -0.3 is 5.32 Å². The molecule has 3 heteroatoms. The van der Waals surface area contributed by atoms with Crippen molar-refractivity contribution < 1.29 is 4.79 Å². The number of benzene rings is 1. The molecular formula is C16H18N2O. The van der Waals surface area contributed by atoms with Crippen LogP contribution in [0.3, 0.4) is 0 Å². The van der Waals surface area contributed by atoms with Gasteiger partial charge in [0.05, 0.1) is 5.52 Å². The maximum absolute atomic E-state index is 12.0. The van der Waals surface area contributed by atoms with E-state index in [-0.39, 0.29) is 11.8 Å². The van der Waals surface area contributed by atoms with Crippen LogP contribution in [0.4, 0.5) is 0 Å². The van der Waals surface area contributed by atoms with Crippen molar-refractivity contribution in [2.45, 2.75) is 32.2 Å². The summed E-state index contributed by atoms with van der Waals surface area (Å²) in [5, 5.41) is 4.15. The van der Waals surface area contributed by atoms with E-state index in [1.54, 1.807) is 0 Å². The highest BCUT2D eigenvalue weighted by Gasteiger charge is 2.22. The Morgan fingerprint density at radius 3 is 2.89 bits per heavy atom. The number of nitrogens with zero attached hydrogens (tertiary/aromatic N) is 1. The average Bonchev–Trinajstić information content (AvgIpc) is 2.99. The van der Waals surface area contributed by atoms with E-state index in [4.69, 9.17) is 0 Å². The first kappa shape index (κ1) is 12.2. The summed E-state index contributed by atoms with van der Waals surface area (Å²) in [5.74, 6) is 0.430. The third-order valence-electron chi connectivity index (χ3n) is 3.84. The molecule has 0 bridgehead atoms. The minimum atomic E-state index is 0.200. The van der Waals surface area contributed by atoms with E-state index in [1.165, 1.54) is 12.8 Å². The largest absolute Gasteiger partial charge is 0.352 e. The molecule has 1 aliphatic carbocycles. The van der Waals surface area contributed by atoms with Gasteiger partial charge in [0, 0.05) is 24.0 Å². The molecule has 19 heavy (non-hydrogen) atoms. The van der Waals surface area contributed by atoms with Crippen molar-refractivity contribution in [2.75, 3.05) is 0 Å². The van der Waals surface area contributed by atoms with E-state index >= 15 is 0 Å². The van der Waals surface area contributed by atoms with Crippen LogP contribution < -0.4 is 5.32 Å². The lowest BCUT2D eigenvalue weighted by Gasteiger charge is -2.10. The summed E-state index contributed by atoms with van der Waals surface area (Å²) in [6.45, 7) is 0.577. The van der Waals surface area contributed by atoms with Crippen molar-refractivity contribution in [3.8, 4) is 0 Å². The highest BCUT2D eigenvalue weighted by molar-refractivity contribution is 5.80. The van der Waals surface area contributed by atoms with Crippen LogP contribution in [0, 0.1) is 5.92 Å². The molecule has 0 radical (unpaired) electrons. The molecule has 3 rings (SSSR count). The summed E-state index contributed by atoms with van der Waals surface area (Å²) < 4.78 is 0. The van der Waals surface area contributed by atoms with E-state index in [9.17, 15) is 4.79 Å². The first-order valence-electron chi connectivity index (χ1n) is 6.94. The normalized spacial score (nSPS) is 15.8. The van der Waals surface area contributed by atoms with Crippen LogP contribution in [0.15, 0.2) is 36.5 Å². The Kier molecular flexibility index (Phi) is 3.45. The number of carbonyl (C=O) groups is 1. The summed E-state index contributed by atoms with van der Waals surface area (Å²) in [7, 11) is 0. The zero-order valence-electron chi connectivity index (χ0n) is 10.9. The number of aromatic nitrogens is 1. The molecular weight excluding hydrogens is 236 g/mol. The van der Waals surface area contributed by atoms with Gasteiger partial charge in [-0.05, 0) is 30.5 Å². The number of para-hydroxylation sites is 1. The lowest BCUT2D eigenvalue weighted by molar-refractivity contribution is -0.124.